The molecule has 1 saturated carbocycles. The van der Waals surface area contributed by atoms with Gasteiger partial charge in [-0.1, -0.05) is 20.3 Å². The highest BCUT2D eigenvalue weighted by Crippen LogP contribution is 2.27. The molecule has 0 spiro atoms. The minimum atomic E-state index is -0.118. The van der Waals surface area contributed by atoms with Gasteiger partial charge in [-0.15, -0.1) is 0 Å². The molecule has 0 aromatic heterocycles. The van der Waals surface area contributed by atoms with Crippen molar-refractivity contribution in [2.45, 2.75) is 64.5 Å². The summed E-state index contributed by atoms with van der Waals surface area (Å²) in [5, 5.41) is 13.9. The average molecular weight is 268 g/mol. The molecule has 0 amide bonds. The molecule has 0 aromatic carbocycles. The normalized spacial score (nSPS) is 31.1. The van der Waals surface area contributed by atoms with Gasteiger partial charge in [0.15, 0.2) is 0 Å². The van der Waals surface area contributed by atoms with Crippen molar-refractivity contribution in [3.63, 3.8) is 0 Å². The Hall–Kier alpha value is -0.120. The zero-order valence-corrected chi connectivity index (χ0v) is 12.8. The summed E-state index contributed by atoms with van der Waals surface area (Å²) in [5.74, 6) is 1.39. The van der Waals surface area contributed by atoms with Crippen LogP contribution in [0.4, 0.5) is 0 Å². The van der Waals surface area contributed by atoms with E-state index in [0.717, 1.165) is 25.3 Å². The average Bonchev–Trinajstić information content (AvgIpc) is 2.36. The van der Waals surface area contributed by atoms with E-state index < -0.39 is 0 Å². The zero-order valence-electron chi connectivity index (χ0n) is 12.8. The Bertz CT molecular complexity index is 255. The van der Waals surface area contributed by atoms with Crippen LogP contribution >= 0.6 is 0 Å². The summed E-state index contributed by atoms with van der Waals surface area (Å²) in [6.45, 7) is 8.98. The van der Waals surface area contributed by atoms with Crippen LogP contribution in [-0.2, 0) is 0 Å². The third kappa shape index (κ3) is 4.44. The molecule has 2 N–H and O–H groups in total. The standard InChI is InChI=1S/C16H32N2O/c1-3-8-18-11-14(16(19)4-2)9-15(12-18)17-10-13-6-5-7-13/h13-17,19H,3-12H2,1-2H3. The van der Waals surface area contributed by atoms with Crippen molar-refractivity contribution >= 4 is 0 Å². The Kier molecular flexibility index (Phi) is 6.11. The molecule has 0 bridgehead atoms. The number of aliphatic hydroxyl groups excluding tert-OH is 1. The molecule has 2 rings (SSSR count). The van der Waals surface area contributed by atoms with E-state index in [2.05, 4.69) is 24.1 Å². The summed E-state index contributed by atoms with van der Waals surface area (Å²) in [5.41, 5.74) is 0. The highest BCUT2D eigenvalue weighted by molar-refractivity contribution is 4.87. The molecule has 2 aliphatic rings. The predicted octanol–water partition coefficient (Wildman–Crippen LogP) is 2.25. The van der Waals surface area contributed by atoms with Gasteiger partial charge in [0.05, 0.1) is 6.10 Å². The molecule has 1 saturated heterocycles. The van der Waals surface area contributed by atoms with Crippen LogP contribution in [-0.4, -0.2) is 48.3 Å². The lowest BCUT2D eigenvalue weighted by Crippen LogP contribution is -2.52. The first-order valence-electron chi connectivity index (χ1n) is 8.36. The van der Waals surface area contributed by atoms with Gasteiger partial charge >= 0.3 is 0 Å². The van der Waals surface area contributed by atoms with Gasteiger partial charge in [-0.2, -0.15) is 0 Å². The van der Waals surface area contributed by atoms with Gasteiger partial charge in [0, 0.05) is 19.1 Å². The molecule has 0 radical (unpaired) electrons. The van der Waals surface area contributed by atoms with E-state index in [0.29, 0.717) is 12.0 Å². The second kappa shape index (κ2) is 7.61. The lowest BCUT2D eigenvalue weighted by Gasteiger charge is -2.40. The van der Waals surface area contributed by atoms with Gasteiger partial charge in [-0.25, -0.2) is 0 Å². The van der Waals surface area contributed by atoms with E-state index in [1.165, 1.54) is 45.3 Å². The summed E-state index contributed by atoms with van der Waals surface area (Å²) in [6.07, 6.45) is 7.40. The third-order valence-electron chi connectivity index (χ3n) is 4.98. The van der Waals surface area contributed by atoms with Crippen LogP contribution in [0, 0.1) is 11.8 Å². The lowest BCUT2D eigenvalue weighted by molar-refractivity contribution is 0.0343. The van der Waals surface area contributed by atoms with Gasteiger partial charge in [0.25, 0.3) is 0 Å². The minimum absolute atomic E-state index is 0.118. The fourth-order valence-corrected chi connectivity index (χ4v) is 3.52. The maximum absolute atomic E-state index is 10.2. The summed E-state index contributed by atoms with van der Waals surface area (Å²) in [4.78, 5) is 2.55. The van der Waals surface area contributed by atoms with Gasteiger partial charge in [0.2, 0.25) is 0 Å². The van der Waals surface area contributed by atoms with Crippen molar-refractivity contribution in [1.29, 1.82) is 0 Å². The van der Waals surface area contributed by atoms with Gasteiger partial charge in [-0.05, 0) is 57.0 Å². The van der Waals surface area contributed by atoms with Crippen molar-refractivity contribution in [1.82, 2.24) is 10.2 Å². The van der Waals surface area contributed by atoms with Crippen molar-refractivity contribution in [2.24, 2.45) is 11.8 Å². The molecule has 3 unspecified atom stereocenters. The molecule has 1 heterocycles. The molecule has 112 valence electrons. The minimum Gasteiger partial charge on any atom is -0.393 e. The van der Waals surface area contributed by atoms with Crippen LogP contribution in [0.2, 0.25) is 0 Å². The summed E-state index contributed by atoms with van der Waals surface area (Å²) < 4.78 is 0. The van der Waals surface area contributed by atoms with Crippen molar-refractivity contribution in [3.8, 4) is 0 Å². The Balaban J connectivity index is 1.81. The van der Waals surface area contributed by atoms with E-state index in [-0.39, 0.29) is 6.10 Å². The number of piperidine rings is 1. The summed E-state index contributed by atoms with van der Waals surface area (Å²) >= 11 is 0. The zero-order chi connectivity index (χ0) is 13.7. The van der Waals surface area contributed by atoms with Crippen LogP contribution in [0.15, 0.2) is 0 Å². The molecule has 1 aliphatic carbocycles. The Morgan fingerprint density at radius 1 is 1.26 bits per heavy atom. The van der Waals surface area contributed by atoms with Crippen molar-refractivity contribution in [2.75, 3.05) is 26.2 Å². The Labute approximate surface area is 118 Å². The molecule has 2 fully saturated rings. The van der Waals surface area contributed by atoms with Crippen molar-refractivity contribution < 1.29 is 5.11 Å². The maximum atomic E-state index is 10.2. The summed E-state index contributed by atoms with van der Waals surface area (Å²) in [6, 6.07) is 0.590. The van der Waals surface area contributed by atoms with Gasteiger partial charge < -0.3 is 15.3 Å². The second-order valence-corrected chi connectivity index (χ2v) is 6.63. The number of hydrogen-bond acceptors (Lipinski definition) is 3. The molecule has 19 heavy (non-hydrogen) atoms. The fourth-order valence-electron chi connectivity index (χ4n) is 3.52. The smallest absolute Gasteiger partial charge is 0.0578 e. The third-order valence-corrected chi connectivity index (χ3v) is 4.98. The van der Waals surface area contributed by atoms with Gasteiger partial charge in [-0.3, -0.25) is 0 Å². The number of nitrogens with one attached hydrogen (secondary N) is 1. The van der Waals surface area contributed by atoms with E-state index >= 15 is 0 Å². The Morgan fingerprint density at radius 2 is 2.05 bits per heavy atom. The summed E-state index contributed by atoms with van der Waals surface area (Å²) in [7, 11) is 0. The largest absolute Gasteiger partial charge is 0.393 e. The molecule has 3 atom stereocenters. The molecule has 3 nitrogen and oxygen atoms in total. The molecular weight excluding hydrogens is 236 g/mol. The highest BCUT2D eigenvalue weighted by Gasteiger charge is 2.31. The molecule has 0 aromatic rings. The van der Waals surface area contributed by atoms with Crippen LogP contribution < -0.4 is 5.32 Å². The van der Waals surface area contributed by atoms with Crippen LogP contribution in [0.1, 0.15) is 52.4 Å². The van der Waals surface area contributed by atoms with E-state index in [9.17, 15) is 5.11 Å². The topological polar surface area (TPSA) is 35.5 Å². The monoisotopic (exact) mass is 268 g/mol. The SMILES string of the molecule is CCCN1CC(NCC2CCC2)CC(C(O)CC)C1. The van der Waals surface area contributed by atoms with Crippen LogP contribution in [0.5, 0.6) is 0 Å². The molecule has 1 aliphatic heterocycles. The number of nitrogens with zero attached hydrogens (tertiary/aromatic N) is 1. The van der Waals surface area contributed by atoms with Crippen molar-refractivity contribution in [3.05, 3.63) is 0 Å². The quantitative estimate of drug-likeness (QED) is 0.743. The molecular formula is C16H32N2O. The predicted molar refractivity (Wildman–Crippen MR) is 80.3 cm³/mol. The molecule has 3 heteroatoms. The number of aliphatic hydroxyl groups is 1. The van der Waals surface area contributed by atoms with Crippen LogP contribution in [0.3, 0.4) is 0 Å². The number of hydrogen-bond donors (Lipinski definition) is 2. The first kappa shape index (κ1) is 15.3. The number of rotatable bonds is 7. The van der Waals surface area contributed by atoms with E-state index in [4.69, 9.17) is 0 Å². The highest BCUT2D eigenvalue weighted by atomic mass is 16.3. The number of likely N-dealkylation sites (tertiary alicyclic amines) is 1. The lowest BCUT2D eigenvalue weighted by atomic mass is 9.84. The first-order valence-corrected chi connectivity index (χ1v) is 8.36. The fraction of sp³-hybridized carbons (Fsp3) is 1.00. The van der Waals surface area contributed by atoms with Crippen LogP contribution in [0.25, 0.3) is 0 Å². The maximum Gasteiger partial charge on any atom is 0.0578 e. The first-order chi connectivity index (χ1) is 9.22. The van der Waals surface area contributed by atoms with Gasteiger partial charge in [0.1, 0.15) is 0 Å². The van der Waals surface area contributed by atoms with E-state index in [1.807, 2.05) is 0 Å². The van der Waals surface area contributed by atoms with E-state index in [1.54, 1.807) is 0 Å². The Morgan fingerprint density at radius 3 is 2.63 bits per heavy atom. The second-order valence-electron chi connectivity index (χ2n) is 6.63.